The standard InChI is InChI=1S/C10H12BrFN2/c11-9-2-1-7(3-10(9)12)4-14-5-8(13)6-14/h1-3,8H,4-6,13H2. The highest BCUT2D eigenvalue weighted by molar-refractivity contribution is 9.10. The molecule has 76 valence electrons. The summed E-state index contributed by atoms with van der Waals surface area (Å²) in [5, 5.41) is 0. The lowest BCUT2D eigenvalue weighted by molar-refractivity contribution is 0.142. The summed E-state index contributed by atoms with van der Waals surface area (Å²) < 4.78 is 13.7. The predicted molar refractivity (Wildman–Crippen MR) is 57.4 cm³/mol. The normalized spacial score (nSPS) is 18.2. The number of halogens is 2. The average Bonchev–Trinajstić information content (AvgIpc) is 2.09. The van der Waals surface area contributed by atoms with E-state index in [1.165, 1.54) is 0 Å². The Morgan fingerprint density at radius 1 is 1.50 bits per heavy atom. The van der Waals surface area contributed by atoms with Gasteiger partial charge in [0, 0.05) is 25.7 Å². The molecule has 2 N–H and O–H groups in total. The van der Waals surface area contributed by atoms with E-state index < -0.39 is 0 Å². The van der Waals surface area contributed by atoms with Gasteiger partial charge in [-0.1, -0.05) is 6.07 Å². The third-order valence-corrected chi connectivity index (χ3v) is 3.02. The third kappa shape index (κ3) is 2.13. The maximum atomic E-state index is 13.1. The molecular formula is C10H12BrFN2. The Hall–Kier alpha value is -0.450. The second kappa shape index (κ2) is 3.96. The summed E-state index contributed by atoms with van der Waals surface area (Å²) in [5.74, 6) is -0.202. The van der Waals surface area contributed by atoms with Crippen LogP contribution < -0.4 is 5.73 Å². The van der Waals surface area contributed by atoms with Crippen LogP contribution >= 0.6 is 15.9 Å². The Balaban J connectivity index is 2.00. The van der Waals surface area contributed by atoms with E-state index in [1.807, 2.05) is 6.07 Å². The minimum Gasteiger partial charge on any atom is -0.325 e. The number of likely N-dealkylation sites (tertiary alicyclic amines) is 1. The molecule has 1 aromatic rings. The number of hydrogen-bond acceptors (Lipinski definition) is 2. The fraction of sp³-hybridized carbons (Fsp3) is 0.400. The second-order valence-corrected chi connectivity index (χ2v) is 4.56. The number of nitrogens with zero attached hydrogens (tertiary/aromatic N) is 1. The van der Waals surface area contributed by atoms with Crippen LogP contribution in [0.5, 0.6) is 0 Å². The van der Waals surface area contributed by atoms with Gasteiger partial charge >= 0.3 is 0 Å². The van der Waals surface area contributed by atoms with Crippen molar-refractivity contribution < 1.29 is 4.39 Å². The Labute approximate surface area is 91.0 Å². The van der Waals surface area contributed by atoms with E-state index in [2.05, 4.69) is 20.8 Å². The highest BCUT2D eigenvalue weighted by Crippen LogP contribution is 2.18. The highest BCUT2D eigenvalue weighted by atomic mass is 79.9. The van der Waals surface area contributed by atoms with Crippen molar-refractivity contribution >= 4 is 15.9 Å². The maximum absolute atomic E-state index is 13.1. The van der Waals surface area contributed by atoms with E-state index in [9.17, 15) is 4.39 Å². The quantitative estimate of drug-likeness (QED) is 0.876. The predicted octanol–water partition coefficient (Wildman–Crippen LogP) is 1.73. The zero-order valence-electron chi connectivity index (χ0n) is 7.71. The molecule has 0 unspecified atom stereocenters. The summed E-state index contributed by atoms with van der Waals surface area (Å²) in [6, 6.07) is 5.53. The fourth-order valence-corrected chi connectivity index (χ4v) is 1.88. The van der Waals surface area contributed by atoms with Crippen LogP contribution in [-0.2, 0) is 6.54 Å². The van der Waals surface area contributed by atoms with Gasteiger partial charge in [0.2, 0.25) is 0 Å². The fourth-order valence-electron chi connectivity index (χ4n) is 1.64. The summed E-state index contributed by atoms with van der Waals surface area (Å²) >= 11 is 3.13. The first-order valence-electron chi connectivity index (χ1n) is 4.57. The molecule has 0 aliphatic carbocycles. The van der Waals surface area contributed by atoms with Gasteiger partial charge in [-0.05, 0) is 33.6 Å². The summed E-state index contributed by atoms with van der Waals surface area (Å²) in [7, 11) is 0. The zero-order chi connectivity index (χ0) is 10.1. The molecule has 2 nitrogen and oxygen atoms in total. The first-order valence-corrected chi connectivity index (χ1v) is 5.36. The lowest BCUT2D eigenvalue weighted by Crippen LogP contribution is -2.54. The molecule has 1 saturated heterocycles. The van der Waals surface area contributed by atoms with Gasteiger partial charge in [0.25, 0.3) is 0 Å². The van der Waals surface area contributed by atoms with Crippen molar-refractivity contribution in [2.75, 3.05) is 13.1 Å². The first kappa shape index (κ1) is 10.1. The zero-order valence-corrected chi connectivity index (χ0v) is 9.30. The molecule has 0 bridgehead atoms. The monoisotopic (exact) mass is 258 g/mol. The molecule has 0 saturated carbocycles. The molecule has 4 heteroatoms. The number of hydrogen-bond donors (Lipinski definition) is 1. The van der Waals surface area contributed by atoms with Crippen molar-refractivity contribution in [2.45, 2.75) is 12.6 Å². The van der Waals surface area contributed by atoms with Crippen molar-refractivity contribution in [3.8, 4) is 0 Å². The molecule has 2 rings (SSSR count). The minimum absolute atomic E-state index is 0.202. The van der Waals surface area contributed by atoms with Crippen molar-refractivity contribution in [3.63, 3.8) is 0 Å². The summed E-state index contributed by atoms with van der Waals surface area (Å²) in [4.78, 5) is 2.20. The van der Waals surface area contributed by atoms with Gasteiger partial charge in [-0.25, -0.2) is 4.39 Å². The van der Waals surface area contributed by atoms with E-state index >= 15 is 0 Å². The Morgan fingerprint density at radius 2 is 2.21 bits per heavy atom. The van der Waals surface area contributed by atoms with Crippen LogP contribution in [0, 0.1) is 5.82 Å². The molecule has 0 radical (unpaired) electrons. The van der Waals surface area contributed by atoms with Gasteiger partial charge in [0.1, 0.15) is 5.82 Å². The Morgan fingerprint density at radius 3 is 2.79 bits per heavy atom. The maximum Gasteiger partial charge on any atom is 0.137 e. The number of benzene rings is 1. The van der Waals surface area contributed by atoms with E-state index in [-0.39, 0.29) is 5.82 Å². The molecule has 0 atom stereocenters. The largest absolute Gasteiger partial charge is 0.325 e. The second-order valence-electron chi connectivity index (χ2n) is 3.70. The SMILES string of the molecule is NC1CN(Cc2ccc(Br)c(F)c2)C1. The third-order valence-electron chi connectivity index (χ3n) is 2.38. The van der Waals surface area contributed by atoms with Crippen LogP contribution in [0.2, 0.25) is 0 Å². The van der Waals surface area contributed by atoms with Crippen molar-refractivity contribution in [1.29, 1.82) is 0 Å². The smallest absolute Gasteiger partial charge is 0.137 e. The van der Waals surface area contributed by atoms with E-state index in [0.717, 1.165) is 25.2 Å². The molecule has 1 heterocycles. The molecule has 1 fully saturated rings. The van der Waals surface area contributed by atoms with Crippen LogP contribution in [0.1, 0.15) is 5.56 Å². The summed E-state index contributed by atoms with van der Waals surface area (Å²) in [5.41, 5.74) is 6.65. The van der Waals surface area contributed by atoms with Crippen LogP contribution in [-0.4, -0.2) is 24.0 Å². The topological polar surface area (TPSA) is 29.3 Å². The van der Waals surface area contributed by atoms with E-state index in [0.29, 0.717) is 10.5 Å². The number of rotatable bonds is 2. The van der Waals surface area contributed by atoms with Crippen LogP contribution in [0.3, 0.4) is 0 Å². The van der Waals surface area contributed by atoms with Gasteiger partial charge in [-0.3, -0.25) is 4.90 Å². The Bertz CT molecular complexity index is 337. The van der Waals surface area contributed by atoms with Gasteiger partial charge in [0.15, 0.2) is 0 Å². The van der Waals surface area contributed by atoms with Crippen molar-refractivity contribution in [2.24, 2.45) is 5.73 Å². The van der Waals surface area contributed by atoms with Crippen LogP contribution in [0.15, 0.2) is 22.7 Å². The molecular weight excluding hydrogens is 247 g/mol. The van der Waals surface area contributed by atoms with Gasteiger partial charge in [-0.15, -0.1) is 0 Å². The molecule has 14 heavy (non-hydrogen) atoms. The van der Waals surface area contributed by atoms with Crippen molar-refractivity contribution in [1.82, 2.24) is 4.90 Å². The Kier molecular flexibility index (Phi) is 2.85. The highest BCUT2D eigenvalue weighted by Gasteiger charge is 2.22. The van der Waals surface area contributed by atoms with Crippen LogP contribution in [0.4, 0.5) is 4.39 Å². The summed E-state index contributed by atoms with van der Waals surface area (Å²) in [6.45, 7) is 2.62. The van der Waals surface area contributed by atoms with E-state index in [1.54, 1.807) is 12.1 Å². The molecule has 1 aliphatic heterocycles. The van der Waals surface area contributed by atoms with Gasteiger partial charge in [-0.2, -0.15) is 0 Å². The molecule has 0 aromatic heterocycles. The molecule has 1 aliphatic rings. The van der Waals surface area contributed by atoms with Crippen LogP contribution in [0.25, 0.3) is 0 Å². The molecule has 1 aromatic carbocycles. The summed E-state index contributed by atoms with van der Waals surface area (Å²) in [6.07, 6.45) is 0. The molecule has 0 amide bonds. The minimum atomic E-state index is -0.202. The lowest BCUT2D eigenvalue weighted by Gasteiger charge is -2.36. The van der Waals surface area contributed by atoms with Crippen molar-refractivity contribution in [3.05, 3.63) is 34.1 Å². The number of nitrogens with two attached hydrogens (primary N) is 1. The van der Waals surface area contributed by atoms with Gasteiger partial charge in [0.05, 0.1) is 4.47 Å². The first-order chi connectivity index (χ1) is 6.65. The van der Waals surface area contributed by atoms with E-state index in [4.69, 9.17) is 5.73 Å². The van der Waals surface area contributed by atoms with Gasteiger partial charge < -0.3 is 5.73 Å². The molecule has 0 spiro atoms. The average molecular weight is 259 g/mol. The lowest BCUT2D eigenvalue weighted by atomic mass is 10.1.